The van der Waals surface area contributed by atoms with Crippen LogP contribution in [0.1, 0.15) is 11.1 Å². The molecule has 4 N–H and O–H groups in total. The lowest BCUT2D eigenvalue weighted by Gasteiger charge is -2.10. The van der Waals surface area contributed by atoms with E-state index in [1.54, 1.807) is 12.1 Å². The van der Waals surface area contributed by atoms with Gasteiger partial charge in [-0.2, -0.15) is 0 Å². The Morgan fingerprint density at radius 1 is 1.22 bits per heavy atom. The average molecular weight is 252 g/mol. The number of aliphatic carboxylic acids is 1. The number of amides is 2. The van der Waals surface area contributed by atoms with Gasteiger partial charge in [-0.25, -0.2) is 9.59 Å². The van der Waals surface area contributed by atoms with Gasteiger partial charge in [-0.1, -0.05) is 6.07 Å². The zero-order chi connectivity index (χ0) is 13.7. The fourth-order valence-electron chi connectivity index (χ4n) is 1.50. The van der Waals surface area contributed by atoms with Gasteiger partial charge in [0, 0.05) is 5.69 Å². The highest BCUT2D eigenvalue weighted by Crippen LogP contribution is 2.13. The quantitative estimate of drug-likeness (QED) is 0.639. The zero-order valence-electron chi connectivity index (χ0n) is 10.2. The number of hydrogen-bond acceptors (Lipinski definition) is 3. The minimum atomic E-state index is -1.60. The van der Waals surface area contributed by atoms with Gasteiger partial charge in [-0.3, -0.25) is 0 Å². The molecular formula is C12H16N2O4. The van der Waals surface area contributed by atoms with Crippen LogP contribution in [0.4, 0.5) is 10.5 Å². The SMILES string of the molecule is Cc1cc(C)cc(NC(=O)NCC(O)C(=O)O)c1. The Hall–Kier alpha value is -2.08. The molecule has 0 aliphatic rings. The Bertz CT molecular complexity index is 439. The summed E-state index contributed by atoms with van der Waals surface area (Å²) in [5.74, 6) is -1.37. The first-order chi connectivity index (χ1) is 8.38. The topological polar surface area (TPSA) is 98.7 Å². The number of rotatable bonds is 4. The van der Waals surface area contributed by atoms with Crippen LogP contribution in [0, 0.1) is 13.8 Å². The van der Waals surface area contributed by atoms with Gasteiger partial charge in [0.25, 0.3) is 0 Å². The van der Waals surface area contributed by atoms with Gasteiger partial charge in [0.15, 0.2) is 6.10 Å². The molecule has 0 radical (unpaired) electrons. The van der Waals surface area contributed by atoms with E-state index in [2.05, 4.69) is 10.6 Å². The molecule has 0 saturated heterocycles. The molecule has 6 nitrogen and oxygen atoms in total. The molecule has 1 unspecified atom stereocenters. The van der Waals surface area contributed by atoms with Gasteiger partial charge >= 0.3 is 12.0 Å². The van der Waals surface area contributed by atoms with Crippen LogP contribution in [0.15, 0.2) is 18.2 Å². The molecule has 0 heterocycles. The summed E-state index contributed by atoms with van der Waals surface area (Å²) in [6, 6.07) is 5.00. The van der Waals surface area contributed by atoms with E-state index in [0.29, 0.717) is 5.69 Å². The van der Waals surface area contributed by atoms with E-state index >= 15 is 0 Å². The number of nitrogens with one attached hydrogen (secondary N) is 2. The van der Waals surface area contributed by atoms with E-state index in [0.717, 1.165) is 11.1 Å². The third kappa shape index (κ3) is 4.42. The first-order valence-corrected chi connectivity index (χ1v) is 5.42. The molecule has 1 rings (SSSR count). The second kappa shape index (κ2) is 6.02. The van der Waals surface area contributed by atoms with E-state index in [-0.39, 0.29) is 6.54 Å². The van der Waals surface area contributed by atoms with Crippen LogP contribution >= 0.6 is 0 Å². The number of carboxylic acid groups (broad SMARTS) is 1. The molecule has 18 heavy (non-hydrogen) atoms. The van der Waals surface area contributed by atoms with Crippen molar-refractivity contribution < 1.29 is 19.8 Å². The van der Waals surface area contributed by atoms with Crippen molar-refractivity contribution in [3.8, 4) is 0 Å². The summed E-state index contributed by atoms with van der Waals surface area (Å²) >= 11 is 0. The predicted molar refractivity (Wildman–Crippen MR) is 66.6 cm³/mol. The number of carbonyl (C=O) groups excluding carboxylic acids is 1. The number of carboxylic acids is 1. The highest BCUT2D eigenvalue weighted by Gasteiger charge is 2.13. The highest BCUT2D eigenvalue weighted by atomic mass is 16.4. The lowest BCUT2D eigenvalue weighted by molar-refractivity contribution is -0.146. The minimum Gasteiger partial charge on any atom is -0.479 e. The molecule has 98 valence electrons. The second-order valence-corrected chi connectivity index (χ2v) is 4.07. The van der Waals surface area contributed by atoms with Crippen molar-refractivity contribution in [2.75, 3.05) is 11.9 Å². The van der Waals surface area contributed by atoms with Crippen molar-refractivity contribution in [3.05, 3.63) is 29.3 Å². The van der Waals surface area contributed by atoms with Crippen LogP contribution in [0.3, 0.4) is 0 Å². The predicted octanol–water partition coefficient (Wildman–Crippen LogP) is 0.870. The number of aliphatic hydroxyl groups is 1. The van der Waals surface area contributed by atoms with Crippen LogP contribution in [0.2, 0.25) is 0 Å². The molecule has 0 aliphatic carbocycles. The molecule has 0 aliphatic heterocycles. The number of hydrogen-bond donors (Lipinski definition) is 4. The van der Waals surface area contributed by atoms with Crippen molar-refractivity contribution in [2.45, 2.75) is 20.0 Å². The van der Waals surface area contributed by atoms with Crippen molar-refractivity contribution in [2.24, 2.45) is 0 Å². The first-order valence-electron chi connectivity index (χ1n) is 5.42. The summed E-state index contributed by atoms with van der Waals surface area (Å²) in [6.07, 6.45) is -1.60. The second-order valence-electron chi connectivity index (χ2n) is 4.07. The monoisotopic (exact) mass is 252 g/mol. The molecule has 0 bridgehead atoms. The Morgan fingerprint density at radius 3 is 2.28 bits per heavy atom. The number of aryl methyl sites for hydroxylation is 2. The molecule has 6 heteroatoms. The van der Waals surface area contributed by atoms with Crippen molar-refractivity contribution >= 4 is 17.7 Å². The van der Waals surface area contributed by atoms with E-state index in [9.17, 15) is 9.59 Å². The molecule has 1 aromatic rings. The van der Waals surface area contributed by atoms with E-state index in [1.165, 1.54) is 0 Å². The maximum absolute atomic E-state index is 11.4. The fraction of sp³-hybridized carbons (Fsp3) is 0.333. The summed E-state index contributed by atoms with van der Waals surface area (Å²) in [6.45, 7) is 3.47. The lowest BCUT2D eigenvalue weighted by Crippen LogP contribution is -2.38. The standard InChI is InChI=1S/C12H16N2O4/c1-7-3-8(2)5-9(4-7)14-12(18)13-6-10(15)11(16)17/h3-5,10,15H,6H2,1-2H3,(H,16,17)(H2,13,14,18). The van der Waals surface area contributed by atoms with Crippen LogP contribution in [0.5, 0.6) is 0 Å². The molecular weight excluding hydrogens is 236 g/mol. The third-order valence-electron chi connectivity index (χ3n) is 2.22. The molecule has 0 spiro atoms. The van der Waals surface area contributed by atoms with Gasteiger partial charge in [-0.15, -0.1) is 0 Å². The molecule has 0 saturated carbocycles. The smallest absolute Gasteiger partial charge is 0.334 e. The van der Waals surface area contributed by atoms with Gasteiger partial charge in [0.2, 0.25) is 0 Å². The Labute approximate surface area is 105 Å². The molecule has 2 amide bonds. The Balaban J connectivity index is 2.52. The molecule has 0 aromatic heterocycles. The normalized spacial score (nSPS) is 11.7. The van der Waals surface area contributed by atoms with Crippen LogP contribution in [-0.2, 0) is 4.79 Å². The van der Waals surface area contributed by atoms with Gasteiger partial charge in [0.1, 0.15) is 0 Å². The molecule has 0 fully saturated rings. The number of benzene rings is 1. The lowest BCUT2D eigenvalue weighted by atomic mass is 10.1. The van der Waals surface area contributed by atoms with E-state index in [4.69, 9.17) is 10.2 Å². The summed E-state index contributed by atoms with van der Waals surface area (Å²) in [4.78, 5) is 21.8. The van der Waals surface area contributed by atoms with Gasteiger partial charge < -0.3 is 20.8 Å². The van der Waals surface area contributed by atoms with Crippen LogP contribution in [0.25, 0.3) is 0 Å². The molecule has 1 atom stereocenters. The van der Waals surface area contributed by atoms with Crippen LogP contribution < -0.4 is 10.6 Å². The van der Waals surface area contributed by atoms with Crippen molar-refractivity contribution in [1.29, 1.82) is 0 Å². The van der Waals surface area contributed by atoms with Gasteiger partial charge in [-0.05, 0) is 37.1 Å². The number of anilines is 1. The first kappa shape index (κ1) is 14.0. The maximum atomic E-state index is 11.4. The molecule has 1 aromatic carbocycles. The maximum Gasteiger partial charge on any atom is 0.334 e. The van der Waals surface area contributed by atoms with E-state index in [1.807, 2.05) is 19.9 Å². The number of aliphatic hydroxyl groups excluding tert-OH is 1. The minimum absolute atomic E-state index is 0.341. The third-order valence-corrected chi connectivity index (χ3v) is 2.22. The number of carbonyl (C=O) groups is 2. The largest absolute Gasteiger partial charge is 0.479 e. The summed E-state index contributed by atoms with van der Waals surface area (Å²) in [5.41, 5.74) is 2.64. The van der Waals surface area contributed by atoms with Crippen molar-refractivity contribution in [1.82, 2.24) is 5.32 Å². The van der Waals surface area contributed by atoms with Crippen molar-refractivity contribution in [3.63, 3.8) is 0 Å². The van der Waals surface area contributed by atoms with E-state index < -0.39 is 18.1 Å². The average Bonchev–Trinajstić information content (AvgIpc) is 2.24. The highest BCUT2D eigenvalue weighted by molar-refractivity contribution is 5.89. The van der Waals surface area contributed by atoms with Crippen LogP contribution in [-0.4, -0.2) is 34.9 Å². The van der Waals surface area contributed by atoms with Gasteiger partial charge in [0.05, 0.1) is 6.54 Å². The summed E-state index contributed by atoms with van der Waals surface area (Å²) < 4.78 is 0. The Morgan fingerprint density at radius 2 is 1.78 bits per heavy atom. The fourth-order valence-corrected chi connectivity index (χ4v) is 1.50. The summed E-state index contributed by atoms with van der Waals surface area (Å²) in [7, 11) is 0. The Kier molecular flexibility index (Phi) is 4.67. The summed E-state index contributed by atoms with van der Waals surface area (Å²) in [5, 5.41) is 22.3. The zero-order valence-corrected chi connectivity index (χ0v) is 10.2. The number of urea groups is 1.